The molecule has 45 heavy (non-hydrogen) atoms. The van der Waals surface area contributed by atoms with Crippen LogP contribution in [0.25, 0.3) is 6.08 Å². The molecule has 0 spiro atoms. The Bertz CT molecular complexity index is 719. The molecule has 0 bridgehead atoms. The molecule has 0 fully saturated rings. The lowest BCUT2D eigenvalue weighted by Gasteiger charge is -2.13. The zero-order valence-electron chi connectivity index (χ0n) is 31.3. The Morgan fingerprint density at radius 3 is 1.07 bits per heavy atom. The lowest BCUT2D eigenvalue weighted by Crippen LogP contribution is -3.03. The molecule has 1 rings (SSSR count). The van der Waals surface area contributed by atoms with Gasteiger partial charge in [-0.1, -0.05) is 206 Å². The van der Waals surface area contributed by atoms with Crippen LogP contribution in [0.15, 0.2) is 30.3 Å². The Balaban J connectivity index is 1.90. The van der Waals surface area contributed by atoms with Crippen molar-refractivity contribution in [3.05, 3.63) is 35.9 Å². The van der Waals surface area contributed by atoms with E-state index in [9.17, 15) is 0 Å². The first-order valence-electron chi connectivity index (χ1n) is 20.9. The molecular weight excluding hydrogens is 542 g/mol. The Kier molecular flexibility index (Phi) is 31.9. The first-order chi connectivity index (χ1) is 22.3. The summed E-state index contributed by atoms with van der Waals surface area (Å²) < 4.78 is 0. The summed E-state index contributed by atoms with van der Waals surface area (Å²) in [5, 5.41) is 0. The molecule has 0 aliphatic heterocycles. The number of rotatable bonds is 35. The second-order valence-electron chi connectivity index (χ2n) is 14.6. The number of allylic oxidation sites excluding steroid dienone is 1. The van der Waals surface area contributed by atoms with E-state index >= 15 is 0 Å². The van der Waals surface area contributed by atoms with Gasteiger partial charge in [0.2, 0.25) is 0 Å². The molecule has 1 unspecified atom stereocenters. The lowest BCUT2D eigenvalue weighted by molar-refractivity contribution is -0.810. The van der Waals surface area contributed by atoms with Crippen LogP contribution in [-0.4, -0.2) is 13.6 Å². The number of hydrogen-bond acceptors (Lipinski definition) is 0. The highest BCUT2D eigenvalue weighted by Gasteiger charge is 2.05. The van der Waals surface area contributed by atoms with Gasteiger partial charge in [-0.2, -0.15) is 0 Å². The van der Waals surface area contributed by atoms with Crippen LogP contribution in [0.3, 0.4) is 0 Å². The molecule has 1 aromatic carbocycles. The third-order valence-corrected chi connectivity index (χ3v) is 10.1. The second kappa shape index (κ2) is 34.3. The number of hydrogen-bond donors (Lipinski definition) is 1. The molecule has 0 radical (unpaired) electrons. The van der Waals surface area contributed by atoms with Crippen LogP contribution in [0.2, 0.25) is 0 Å². The Labute approximate surface area is 284 Å². The minimum Gasteiger partial charge on any atom is -0.305 e. The fraction of sp³-hybridized carbons (Fsp3) is 0.818. The fourth-order valence-corrected chi connectivity index (χ4v) is 6.81. The summed E-state index contributed by atoms with van der Waals surface area (Å²) in [5.41, 5.74) is 2.80. The van der Waals surface area contributed by atoms with Gasteiger partial charge >= 0.3 is 0 Å². The predicted octanol–water partition coefficient (Wildman–Crippen LogP) is 14.4. The third kappa shape index (κ3) is 28.8. The van der Waals surface area contributed by atoms with Crippen LogP contribution in [0.5, 0.6) is 0 Å². The average Bonchev–Trinajstić information content (AvgIpc) is 3.06. The molecule has 0 heterocycles. The zero-order valence-corrected chi connectivity index (χ0v) is 31.3. The van der Waals surface area contributed by atoms with Gasteiger partial charge in [0.1, 0.15) is 5.69 Å². The van der Waals surface area contributed by atoms with E-state index in [0.717, 1.165) is 0 Å². The maximum atomic E-state index is 2.39. The van der Waals surface area contributed by atoms with Gasteiger partial charge in [-0.3, -0.25) is 0 Å². The van der Waals surface area contributed by atoms with Gasteiger partial charge in [0, 0.05) is 0 Å². The van der Waals surface area contributed by atoms with E-state index in [-0.39, 0.29) is 0 Å². The van der Waals surface area contributed by atoms with E-state index in [1.807, 2.05) is 0 Å². The van der Waals surface area contributed by atoms with Gasteiger partial charge in [-0.25, -0.2) is 0 Å². The molecule has 0 saturated heterocycles. The van der Waals surface area contributed by atoms with E-state index in [2.05, 4.69) is 57.3 Å². The van der Waals surface area contributed by atoms with Crippen LogP contribution < -0.4 is 4.90 Å². The Hall–Kier alpha value is -1.08. The van der Waals surface area contributed by atoms with Crippen LogP contribution in [0.4, 0.5) is 5.69 Å². The van der Waals surface area contributed by atoms with Crippen molar-refractivity contribution in [2.75, 3.05) is 13.6 Å². The number of quaternary nitrogens is 1. The molecule has 262 valence electrons. The molecule has 1 atom stereocenters. The Morgan fingerprint density at radius 2 is 0.711 bits per heavy atom. The van der Waals surface area contributed by atoms with Crippen LogP contribution in [0, 0.1) is 0 Å². The molecule has 0 saturated carbocycles. The standard InChI is InChI=1S/C44H81N/c1-4-6-8-10-12-14-16-18-20-22-23-25-27-29-31-33-35-37-43-38-40-44(41-39-43)45(3)42-36-34-32-30-28-26-24-21-19-17-15-13-11-9-7-5-2/h35,37-41H,4-34,36,42H2,1-3H3/p+1/b37-35+. The van der Waals surface area contributed by atoms with Gasteiger partial charge in [0.25, 0.3) is 0 Å². The van der Waals surface area contributed by atoms with E-state index in [4.69, 9.17) is 0 Å². The smallest absolute Gasteiger partial charge is 0.131 e. The van der Waals surface area contributed by atoms with E-state index in [0.29, 0.717) is 0 Å². The SMILES string of the molecule is CCCCCCCCCCCCCCCCC/C=C/c1ccc([NH+](C)CCCCCCCCCCCCCCCCCC)cc1. The van der Waals surface area contributed by atoms with Gasteiger partial charge in [-0.05, 0) is 55.5 Å². The van der Waals surface area contributed by atoms with Crippen molar-refractivity contribution >= 4 is 11.8 Å². The number of nitrogens with one attached hydrogen (secondary N) is 1. The van der Waals surface area contributed by atoms with Gasteiger partial charge in [0.05, 0.1) is 13.6 Å². The highest BCUT2D eigenvalue weighted by atomic mass is 15.1. The van der Waals surface area contributed by atoms with E-state index in [1.54, 1.807) is 4.90 Å². The maximum absolute atomic E-state index is 2.39. The van der Waals surface area contributed by atoms with Crippen molar-refractivity contribution in [2.45, 2.75) is 219 Å². The molecule has 0 aliphatic carbocycles. The largest absolute Gasteiger partial charge is 0.305 e. The molecule has 0 aromatic heterocycles. The summed E-state index contributed by atoms with van der Waals surface area (Å²) in [7, 11) is 2.34. The van der Waals surface area contributed by atoms with Crippen molar-refractivity contribution in [1.29, 1.82) is 0 Å². The van der Waals surface area contributed by atoms with Gasteiger partial charge in [-0.15, -0.1) is 0 Å². The monoisotopic (exact) mass is 625 g/mol. The van der Waals surface area contributed by atoms with E-state index < -0.39 is 0 Å². The first-order valence-corrected chi connectivity index (χ1v) is 20.9. The summed E-state index contributed by atoms with van der Waals surface area (Å²) in [4.78, 5) is 1.56. The molecule has 1 N–H and O–H groups in total. The van der Waals surface area contributed by atoms with Crippen molar-refractivity contribution in [3.8, 4) is 0 Å². The summed E-state index contributed by atoms with van der Waals surface area (Å²) in [6.45, 7) is 5.87. The van der Waals surface area contributed by atoms with Crippen molar-refractivity contribution in [1.82, 2.24) is 0 Å². The van der Waals surface area contributed by atoms with Crippen LogP contribution in [0.1, 0.15) is 225 Å². The zero-order chi connectivity index (χ0) is 32.3. The van der Waals surface area contributed by atoms with Crippen molar-refractivity contribution < 1.29 is 4.90 Å². The second-order valence-corrected chi connectivity index (χ2v) is 14.6. The molecule has 1 heteroatoms. The maximum Gasteiger partial charge on any atom is 0.131 e. The quantitative estimate of drug-likeness (QED) is 0.0717. The molecule has 0 aliphatic rings. The number of benzene rings is 1. The number of unbranched alkanes of at least 4 members (excludes halogenated alkanes) is 30. The van der Waals surface area contributed by atoms with Gasteiger partial charge in [0.15, 0.2) is 0 Å². The summed E-state index contributed by atoms with van der Waals surface area (Å²) in [6, 6.07) is 9.31. The molecule has 1 aromatic rings. The van der Waals surface area contributed by atoms with Crippen molar-refractivity contribution in [2.24, 2.45) is 0 Å². The first kappa shape index (κ1) is 41.9. The normalized spacial score (nSPS) is 12.4. The lowest BCUT2D eigenvalue weighted by atomic mass is 10.0. The average molecular weight is 625 g/mol. The van der Waals surface area contributed by atoms with Crippen LogP contribution >= 0.6 is 0 Å². The third-order valence-electron chi connectivity index (χ3n) is 10.1. The summed E-state index contributed by atoms with van der Waals surface area (Å²) in [6.07, 6.45) is 50.6. The summed E-state index contributed by atoms with van der Waals surface area (Å²) >= 11 is 0. The van der Waals surface area contributed by atoms with Gasteiger partial charge < -0.3 is 4.90 Å². The fourth-order valence-electron chi connectivity index (χ4n) is 6.81. The minimum absolute atomic E-state index is 1.23. The minimum atomic E-state index is 1.23. The van der Waals surface area contributed by atoms with Crippen LogP contribution in [-0.2, 0) is 0 Å². The molecule has 1 nitrogen and oxygen atoms in total. The highest BCUT2D eigenvalue weighted by molar-refractivity contribution is 5.51. The Morgan fingerprint density at radius 1 is 0.400 bits per heavy atom. The predicted molar refractivity (Wildman–Crippen MR) is 206 cm³/mol. The van der Waals surface area contributed by atoms with E-state index in [1.165, 1.54) is 223 Å². The van der Waals surface area contributed by atoms with Crippen molar-refractivity contribution in [3.63, 3.8) is 0 Å². The topological polar surface area (TPSA) is 4.44 Å². The molecular formula is C44H82N+. The summed E-state index contributed by atoms with van der Waals surface area (Å²) in [5.74, 6) is 0. The molecule has 0 amide bonds. The highest BCUT2D eigenvalue weighted by Crippen LogP contribution is 2.16.